The van der Waals surface area contributed by atoms with Crippen LogP contribution in [0.25, 0.3) is 0 Å². The first kappa shape index (κ1) is 9.96. The first-order chi connectivity index (χ1) is 7.49. The van der Waals surface area contributed by atoms with Crippen molar-refractivity contribution in [3.05, 3.63) is 43.8 Å². The number of carbonyl (C=O) groups excluding carboxylic acids is 1. The molecule has 0 spiro atoms. The Bertz CT molecular complexity index is 503. The fourth-order valence-electron chi connectivity index (χ4n) is 1.41. The monoisotopic (exact) mass is 224 g/mol. The topological polar surface area (TPSA) is 128 Å². The van der Waals surface area contributed by atoms with Crippen molar-refractivity contribution < 1.29 is 14.6 Å². The number of nitrogens with one attached hydrogen (secondary N) is 1. The number of allylic oxidation sites excluding steroid dienone is 1. The number of nitro groups is 2. The van der Waals surface area contributed by atoms with Gasteiger partial charge in [-0.3, -0.25) is 20.2 Å². The number of urea groups is 1. The summed E-state index contributed by atoms with van der Waals surface area (Å²) in [6, 6.07) is -2.26. The Kier molecular flexibility index (Phi) is 2.01. The molecule has 2 aliphatic rings. The van der Waals surface area contributed by atoms with Gasteiger partial charge in [-0.25, -0.2) is 4.79 Å². The normalized spacial score (nSPS) is 22.6. The molecular formula is C7H4N4O5. The van der Waals surface area contributed by atoms with Gasteiger partial charge in [-0.2, -0.15) is 4.99 Å². The molecule has 0 saturated heterocycles. The quantitative estimate of drug-likeness (QED) is 0.515. The fourth-order valence-corrected chi connectivity index (χ4v) is 1.41. The Balaban J connectivity index is 2.48. The molecule has 0 saturated carbocycles. The van der Waals surface area contributed by atoms with E-state index in [1.807, 2.05) is 0 Å². The van der Waals surface area contributed by atoms with Gasteiger partial charge in [-0.15, -0.1) is 0 Å². The number of fused-ring (bicyclic) bond motifs is 1. The molecule has 1 unspecified atom stereocenters. The molecule has 1 N–H and O–H groups in total. The van der Waals surface area contributed by atoms with E-state index in [0.717, 1.165) is 12.2 Å². The Labute approximate surface area is 87.5 Å². The molecule has 9 nitrogen and oxygen atoms in total. The lowest BCUT2D eigenvalue weighted by molar-refractivity contribution is -0.544. The van der Waals surface area contributed by atoms with Crippen LogP contribution in [0.1, 0.15) is 0 Å². The van der Waals surface area contributed by atoms with Crippen LogP contribution in [0.15, 0.2) is 28.5 Å². The van der Waals surface area contributed by atoms with Crippen molar-refractivity contribution in [2.45, 2.75) is 6.04 Å². The molecule has 2 amide bonds. The number of rotatable bonds is 2. The summed E-state index contributed by atoms with van der Waals surface area (Å²) in [7, 11) is 0. The van der Waals surface area contributed by atoms with Crippen molar-refractivity contribution in [1.82, 2.24) is 5.32 Å². The van der Waals surface area contributed by atoms with Gasteiger partial charge >= 0.3 is 17.8 Å². The molecule has 0 radical (unpaired) electrons. The summed E-state index contributed by atoms with van der Waals surface area (Å²) in [4.78, 5) is 33.8. The van der Waals surface area contributed by atoms with E-state index in [4.69, 9.17) is 0 Å². The minimum Gasteiger partial charge on any atom is -0.304 e. The summed E-state index contributed by atoms with van der Waals surface area (Å²) in [6.45, 7) is 0. The molecule has 0 aromatic rings. The first-order valence-corrected chi connectivity index (χ1v) is 4.10. The lowest BCUT2D eigenvalue weighted by atomic mass is 10.0. The third-order valence-electron chi connectivity index (χ3n) is 2.09. The number of aliphatic imine (C=N–C) groups is 1. The second-order valence-corrected chi connectivity index (χ2v) is 3.06. The maximum absolute atomic E-state index is 10.9. The number of carbonyl (C=O) groups is 1. The van der Waals surface area contributed by atoms with Crippen molar-refractivity contribution >= 4 is 11.7 Å². The average molecular weight is 224 g/mol. The lowest BCUT2D eigenvalue weighted by Gasteiger charge is -2.09. The summed E-state index contributed by atoms with van der Waals surface area (Å²) in [5.74, 6) is 0. The molecule has 0 aromatic heterocycles. The van der Waals surface area contributed by atoms with Crippen LogP contribution in [-0.2, 0) is 0 Å². The Morgan fingerprint density at radius 3 is 2.62 bits per heavy atom. The zero-order chi connectivity index (χ0) is 11.9. The van der Waals surface area contributed by atoms with Gasteiger partial charge in [0, 0.05) is 17.1 Å². The Hall–Kier alpha value is -2.58. The van der Waals surface area contributed by atoms with Crippen molar-refractivity contribution in [2.75, 3.05) is 0 Å². The van der Waals surface area contributed by atoms with E-state index in [2.05, 4.69) is 10.3 Å². The maximum Gasteiger partial charge on any atom is 0.346 e. The van der Waals surface area contributed by atoms with E-state index >= 15 is 0 Å². The van der Waals surface area contributed by atoms with Crippen molar-refractivity contribution in [3.63, 3.8) is 0 Å². The molecule has 0 aromatic carbocycles. The molecule has 1 atom stereocenters. The second-order valence-electron chi connectivity index (χ2n) is 3.06. The predicted molar refractivity (Wildman–Crippen MR) is 49.9 cm³/mol. The molecule has 9 heteroatoms. The summed E-state index contributed by atoms with van der Waals surface area (Å²) in [6.07, 6.45) is 1.93. The standard InChI is InChI=1S/C7H4N4O5/c12-7-8-3-1-5(10(13)14)6(11(15)16)2-4(3)9-7/h1-2,5H,(H,8,12). The highest BCUT2D eigenvalue weighted by Gasteiger charge is 2.40. The van der Waals surface area contributed by atoms with Gasteiger partial charge in [0.15, 0.2) is 0 Å². The molecule has 16 heavy (non-hydrogen) atoms. The summed E-state index contributed by atoms with van der Waals surface area (Å²) >= 11 is 0. The SMILES string of the molecule is O=C1N=C2C=C([N+](=O)[O-])C([N+](=O)[O-])C=C2N1. The number of amides is 2. The van der Waals surface area contributed by atoms with Crippen LogP contribution in [0.5, 0.6) is 0 Å². The number of hydrogen-bond acceptors (Lipinski definition) is 5. The fraction of sp³-hybridized carbons (Fsp3) is 0.143. The molecule has 0 fully saturated rings. The maximum atomic E-state index is 10.9. The molecule has 82 valence electrons. The first-order valence-electron chi connectivity index (χ1n) is 4.10. The Morgan fingerprint density at radius 1 is 1.38 bits per heavy atom. The van der Waals surface area contributed by atoms with E-state index < -0.39 is 27.6 Å². The van der Waals surface area contributed by atoms with Gasteiger partial charge in [-0.1, -0.05) is 0 Å². The number of hydrogen-bond donors (Lipinski definition) is 1. The second kappa shape index (κ2) is 3.22. The highest BCUT2D eigenvalue weighted by atomic mass is 16.6. The van der Waals surface area contributed by atoms with Crippen LogP contribution in [0.3, 0.4) is 0 Å². The molecular weight excluding hydrogens is 220 g/mol. The number of nitrogens with zero attached hydrogens (tertiary/aromatic N) is 3. The van der Waals surface area contributed by atoms with E-state index in [1.165, 1.54) is 0 Å². The van der Waals surface area contributed by atoms with Crippen LogP contribution in [0, 0.1) is 20.2 Å². The van der Waals surface area contributed by atoms with E-state index in [0.29, 0.717) is 0 Å². The van der Waals surface area contributed by atoms with Crippen LogP contribution >= 0.6 is 0 Å². The highest BCUT2D eigenvalue weighted by Crippen LogP contribution is 2.20. The van der Waals surface area contributed by atoms with E-state index in [-0.39, 0.29) is 11.4 Å². The van der Waals surface area contributed by atoms with E-state index in [9.17, 15) is 25.0 Å². The van der Waals surface area contributed by atoms with Gasteiger partial charge in [0.1, 0.15) is 0 Å². The third-order valence-corrected chi connectivity index (χ3v) is 2.09. The summed E-state index contributed by atoms with van der Waals surface area (Å²) in [5.41, 5.74) is -0.420. The van der Waals surface area contributed by atoms with Crippen LogP contribution in [0.2, 0.25) is 0 Å². The summed E-state index contributed by atoms with van der Waals surface area (Å²) < 4.78 is 0. The van der Waals surface area contributed by atoms with Crippen molar-refractivity contribution in [2.24, 2.45) is 4.99 Å². The minimum absolute atomic E-state index is 0.0507. The zero-order valence-electron chi connectivity index (χ0n) is 7.61. The van der Waals surface area contributed by atoms with Gasteiger partial charge in [0.2, 0.25) is 0 Å². The molecule has 1 aliphatic carbocycles. The third kappa shape index (κ3) is 1.43. The molecule has 1 heterocycles. The van der Waals surface area contributed by atoms with Gasteiger partial charge < -0.3 is 5.32 Å². The largest absolute Gasteiger partial charge is 0.346 e. The van der Waals surface area contributed by atoms with Gasteiger partial charge in [0.05, 0.1) is 16.3 Å². The van der Waals surface area contributed by atoms with Crippen molar-refractivity contribution in [3.8, 4) is 0 Å². The average Bonchev–Trinajstić information content (AvgIpc) is 2.54. The van der Waals surface area contributed by atoms with Crippen LogP contribution in [0.4, 0.5) is 4.79 Å². The van der Waals surface area contributed by atoms with Crippen LogP contribution < -0.4 is 5.32 Å². The van der Waals surface area contributed by atoms with E-state index in [1.54, 1.807) is 0 Å². The minimum atomic E-state index is -1.57. The zero-order valence-corrected chi connectivity index (χ0v) is 7.61. The molecule has 1 aliphatic heterocycles. The highest BCUT2D eigenvalue weighted by molar-refractivity contribution is 6.19. The van der Waals surface area contributed by atoms with Gasteiger partial charge in [-0.05, 0) is 0 Å². The van der Waals surface area contributed by atoms with Crippen molar-refractivity contribution in [1.29, 1.82) is 0 Å². The van der Waals surface area contributed by atoms with Gasteiger partial charge in [0.25, 0.3) is 0 Å². The summed E-state index contributed by atoms with van der Waals surface area (Å²) in [5, 5.41) is 23.4. The molecule has 2 rings (SSSR count). The molecule has 0 bridgehead atoms. The van der Waals surface area contributed by atoms with Crippen LogP contribution in [-0.4, -0.2) is 27.6 Å². The lowest BCUT2D eigenvalue weighted by Crippen LogP contribution is -2.30. The Morgan fingerprint density at radius 2 is 2.06 bits per heavy atom. The predicted octanol–water partition coefficient (Wildman–Crippen LogP) is -0.146. The smallest absolute Gasteiger partial charge is 0.304 e.